The van der Waals surface area contributed by atoms with Crippen molar-refractivity contribution >= 4 is 14.4 Å². The molecule has 54 heavy (non-hydrogen) atoms. The summed E-state index contributed by atoms with van der Waals surface area (Å²) in [4.78, 5) is 0. The summed E-state index contributed by atoms with van der Waals surface area (Å²) in [6.45, 7) is 23.3. The van der Waals surface area contributed by atoms with Crippen LogP contribution in [0.15, 0.2) is 109 Å². The molecule has 8 rings (SSSR count). The maximum Gasteiger partial charge on any atom is -0.172 e. The first kappa shape index (κ1) is 43.6. The van der Waals surface area contributed by atoms with E-state index in [0.717, 1.165) is 45.0 Å². The van der Waals surface area contributed by atoms with Crippen molar-refractivity contribution < 1.29 is 57.8 Å². The van der Waals surface area contributed by atoms with Crippen molar-refractivity contribution in [2.45, 2.75) is 86.5 Å². The number of allylic oxidation sites excluding steroid dienone is 4. The van der Waals surface area contributed by atoms with Crippen molar-refractivity contribution in [2.24, 2.45) is 10.8 Å². The first-order valence-electron chi connectivity index (χ1n) is 18.3. The molecular weight excluding hydrogens is 789 g/mol. The van der Waals surface area contributed by atoms with Crippen molar-refractivity contribution in [1.29, 1.82) is 0 Å². The standard InChI is InChI=1S/C31H37.C13H8F2.C5H5.2ClH.Zr/c1-28(2,3)26-16-30(7,8)24-12-18-11-19-13-25-23(15-21(19)20(18)14-22(24)26)27(29(4,5)6)17-31(25,9)10;14-12-5-1-3-10(8-12)7-11-4-2-6-13(15)9-11;1-2-4-5-3-1;;;/h12-16H,11H2,1-10H3;1-6,8-9H;1-5H;2*1H;/q-1;;-1;;;+2/p-2. The molecule has 280 valence electrons. The number of rotatable bonds is 2. The molecule has 5 aromatic rings. The molecule has 0 atom stereocenters. The van der Waals surface area contributed by atoms with Gasteiger partial charge in [0.15, 0.2) is 0 Å². The fourth-order valence-corrected chi connectivity index (χ4v) is 8.48. The van der Waals surface area contributed by atoms with E-state index in [2.05, 4.69) is 106 Å². The summed E-state index contributed by atoms with van der Waals surface area (Å²) < 4.78 is 27.0. The van der Waals surface area contributed by atoms with Crippen LogP contribution < -0.4 is 24.8 Å². The van der Waals surface area contributed by atoms with Crippen molar-refractivity contribution in [3.63, 3.8) is 0 Å². The van der Waals surface area contributed by atoms with E-state index in [1.54, 1.807) is 12.1 Å². The smallest absolute Gasteiger partial charge is 0.172 e. The Bertz CT molecular complexity index is 2060. The second-order valence-corrected chi connectivity index (χ2v) is 18.8. The van der Waals surface area contributed by atoms with Crippen molar-refractivity contribution in [3.8, 4) is 11.1 Å². The number of halogens is 4. The number of hydrogen-bond acceptors (Lipinski definition) is 0. The van der Waals surface area contributed by atoms with Crippen molar-refractivity contribution in [1.82, 2.24) is 0 Å². The molecule has 0 N–H and O–H groups in total. The molecule has 3 aliphatic carbocycles. The normalized spacial score (nSPS) is 15.3. The Morgan fingerprint density at radius 3 is 1.59 bits per heavy atom. The molecule has 0 bridgehead atoms. The van der Waals surface area contributed by atoms with Gasteiger partial charge in [-0.05, 0) is 62.3 Å². The van der Waals surface area contributed by atoms with Crippen LogP contribution in [0, 0.1) is 28.5 Å². The van der Waals surface area contributed by atoms with Crippen molar-refractivity contribution in [3.05, 3.63) is 171 Å². The molecule has 0 spiro atoms. The average molecular weight is 839 g/mol. The van der Waals surface area contributed by atoms with Gasteiger partial charge in [0.25, 0.3) is 0 Å². The summed E-state index contributed by atoms with van der Waals surface area (Å²) in [6.07, 6.45) is 7.41. The molecule has 0 nitrogen and oxygen atoms in total. The van der Waals surface area contributed by atoms with Crippen LogP contribution in [-0.2, 0) is 41.5 Å². The minimum Gasteiger partial charge on any atom is -1.00 e. The van der Waals surface area contributed by atoms with Crippen LogP contribution in [0.1, 0.15) is 114 Å². The number of fused-ring (bicyclic) bond motifs is 5. The number of hydrogen-bond donors (Lipinski definition) is 0. The van der Waals surface area contributed by atoms with E-state index < -0.39 is 0 Å². The van der Waals surface area contributed by atoms with E-state index in [1.807, 2.05) is 42.5 Å². The Kier molecular flexibility index (Phi) is 13.1. The van der Waals surface area contributed by atoms with Crippen LogP contribution in [0.3, 0.4) is 0 Å². The third-order valence-electron chi connectivity index (χ3n) is 10.4. The van der Waals surface area contributed by atoms with Gasteiger partial charge in [-0.2, -0.15) is 23.8 Å². The topological polar surface area (TPSA) is 0 Å². The van der Waals surface area contributed by atoms with E-state index in [1.165, 1.54) is 79.9 Å². The molecule has 0 aliphatic heterocycles. The molecule has 3 aliphatic rings. The fraction of sp³-hybridized carbons (Fsp3) is 0.306. The van der Waals surface area contributed by atoms with Gasteiger partial charge < -0.3 is 24.8 Å². The molecule has 0 fully saturated rings. The summed E-state index contributed by atoms with van der Waals surface area (Å²) in [5.41, 5.74) is 16.5. The minimum absolute atomic E-state index is 0. The monoisotopic (exact) mass is 836 g/mol. The molecule has 0 unspecified atom stereocenters. The summed E-state index contributed by atoms with van der Waals surface area (Å²) in [5.74, 6) is -0.539. The largest absolute Gasteiger partial charge is 1.00 e. The molecule has 0 aromatic heterocycles. The van der Waals surface area contributed by atoms with Gasteiger partial charge in [-0.3, -0.25) is 6.08 Å². The quantitative estimate of drug-likeness (QED) is 0.165. The van der Waals surface area contributed by atoms with Gasteiger partial charge in [0, 0.05) is 5.41 Å². The summed E-state index contributed by atoms with van der Waals surface area (Å²) in [7, 11) is 0. The average Bonchev–Trinajstić information content (AvgIpc) is 3.85. The SMILES string of the molecule is CC(C)(C)C1=[C-]C(C)(C)c2cc3c(cc21)-c1cc2c(cc1C3)C(C)(C)C=C2C(C)(C)C.Fc1cccc([C](=[Zr+2])c2cccc(F)c2)c1.[Cl-].[Cl-].c1cc[cH-]c1. The van der Waals surface area contributed by atoms with Crippen molar-refractivity contribution in [2.75, 3.05) is 0 Å². The molecule has 5 aromatic carbocycles. The number of benzene rings is 4. The minimum atomic E-state index is -0.270. The van der Waals surface area contributed by atoms with Gasteiger partial charge in [-0.15, -0.1) is 11.6 Å². The zero-order valence-corrected chi connectivity index (χ0v) is 37.1. The maximum atomic E-state index is 13.0. The third kappa shape index (κ3) is 8.96. The molecule has 0 saturated carbocycles. The Morgan fingerprint density at radius 1 is 0.648 bits per heavy atom. The van der Waals surface area contributed by atoms with Crippen LogP contribution >= 0.6 is 0 Å². The van der Waals surface area contributed by atoms with E-state index in [-0.39, 0.29) is 58.1 Å². The van der Waals surface area contributed by atoms with E-state index in [9.17, 15) is 8.78 Å². The predicted octanol–water partition coefficient (Wildman–Crippen LogP) is 7.00. The molecule has 5 heteroatoms. The van der Waals surface area contributed by atoms with Crippen LogP contribution in [0.5, 0.6) is 0 Å². The molecule has 0 radical (unpaired) electrons. The Morgan fingerprint density at radius 2 is 1.15 bits per heavy atom. The predicted molar refractivity (Wildman–Crippen MR) is 212 cm³/mol. The first-order chi connectivity index (χ1) is 24.3. The van der Waals surface area contributed by atoms with E-state index >= 15 is 0 Å². The summed E-state index contributed by atoms with van der Waals surface area (Å²) in [6, 6.07) is 32.7. The Balaban J connectivity index is 0.000000236. The van der Waals surface area contributed by atoms with E-state index in [0.29, 0.717) is 0 Å². The van der Waals surface area contributed by atoms with Gasteiger partial charge in [0.05, 0.1) is 0 Å². The Labute approximate surface area is 349 Å². The maximum absolute atomic E-state index is 13.0. The van der Waals surface area contributed by atoms with Gasteiger partial charge >= 0.3 is 108 Å². The van der Waals surface area contributed by atoms with E-state index in [4.69, 9.17) is 0 Å². The van der Waals surface area contributed by atoms with Gasteiger partial charge in [-0.1, -0.05) is 92.9 Å². The molecule has 0 amide bonds. The van der Waals surface area contributed by atoms with Gasteiger partial charge in [0.1, 0.15) is 0 Å². The summed E-state index contributed by atoms with van der Waals surface area (Å²) in [5, 5.41) is 0. The molecule has 0 saturated heterocycles. The Hall–Kier alpha value is -3.10. The van der Waals surface area contributed by atoms with Gasteiger partial charge in [0.2, 0.25) is 0 Å². The fourth-order valence-electron chi connectivity index (χ4n) is 7.72. The first-order valence-corrected chi connectivity index (χ1v) is 19.5. The molecule has 0 heterocycles. The zero-order chi connectivity index (χ0) is 37.8. The summed E-state index contributed by atoms with van der Waals surface area (Å²) >= 11 is 1.13. The van der Waals surface area contributed by atoms with Crippen LogP contribution in [-0.4, -0.2) is 3.21 Å². The molecular formula is C49H50Cl2F2Zr-2. The van der Waals surface area contributed by atoms with Crippen LogP contribution in [0.2, 0.25) is 0 Å². The second-order valence-electron chi connectivity index (χ2n) is 17.5. The van der Waals surface area contributed by atoms with Crippen LogP contribution in [0.4, 0.5) is 8.78 Å². The zero-order valence-electron chi connectivity index (χ0n) is 33.1. The van der Waals surface area contributed by atoms with Crippen LogP contribution in [0.25, 0.3) is 22.3 Å². The third-order valence-corrected chi connectivity index (χ3v) is 11.8. The second kappa shape index (κ2) is 16.2. The van der Waals surface area contributed by atoms with Gasteiger partial charge in [-0.25, -0.2) is 17.7 Å².